The Labute approximate surface area is 157 Å². The summed E-state index contributed by atoms with van der Waals surface area (Å²) in [7, 11) is 0. The molecule has 1 saturated heterocycles. The first-order chi connectivity index (χ1) is 13.3. The summed E-state index contributed by atoms with van der Waals surface area (Å²) in [6.07, 6.45) is 5.51. The molecule has 27 heavy (non-hydrogen) atoms. The van der Waals surface area contributed by atoms with Crippen molar-refractivity contribution in [3.05, 3.63) is 65.9 Å². The predicted octanol–water partition coefficient (Wildman–Crippen LogP) is 3.37. The van der Waals surface area contributed by atoms with E-state index in [-0.39, 0.29) is 11.7 Å². The zero-order chi connectivity index (χ0) is 18.5. The van der Waals surface area contributed by atoms with E-state index in [4.69, 9.17) is 8.83 Å². The Kier molecular flexibility index (Phi) is 5.18. The van der Waals surface area contributed by atoms with E-state index in [1.807, 2.05) is 30.3 Å². The highest BCUT2D eigenvalue weighted by Crippen LogP contribution is 2.23. The minimum Gasteiger partial charge on any atom is -0.459 e. The summed E-state index contributed by atoms with van der Waals surface area (Å²) >= 11 is 0. The minimum atomic E-state index is -0.434. The van der Waals surface area contributed by atoms with Crippen molar-refractivity contribution >= 4 is 11.9 Å². The Balaban J connectivity index is 1.55. The van der Waals surface area contributed by atoms with Crippen LogP contribution in [-0.2, 0) is 6.42 Å². The number of hydrogen-bond donors (Lipinski definition) is 1. The average Bonchev–Trinajstić information content (AvgIpc) is 3.41. The van der Waals surface area contributed by atoms with Gasteiger partial charge in [0.15, 0.2) is 5.76 Å². The van der Waals surface area contributed by atoms with Crippen LogP contribution in [0.1, 0.15) is 47.3 Å². The molecule has 1 aliphatic heterocycles. The fourth-order valence-electron chi connectivity index (χ4n) is 3.27. The fraction of sp³-hybridized carbons (Fsp3) is 0.350. The summed E-state index contributed by atoms with van der Waals surface area (Å²) in [5, 5.41) is 11.4. The molecule has 1 N–H and O–H groups in total. The van der Waals surface area contributed by atoms with Crippen molar-refractivity contribution < 1.29 is 13.6 Å². The van der Waals surface area contributed by atoms with E-state index in [9.17, 15) is 4.79 Å². The Morgan fingerprint density at radius 3 is 2.63 bits per heavy atom. The first-order valence-corrected chi connectivity index (χ1v) is 9.26. The van der Waals surface area contributed by atoms with Gasteiger partial charge in [0.2, 0.25) is 5.89 Å². The number of piperidine rings is 1. The van der Waals surface area contributed by atoms with E-state index in [0.717, 1.165) is 31.5 Å². The fourth-order valence-corrected chi connectivity index (χ4v) is 3.27. The second-order valence-electron chi connectivity index (χ2n) is 6.66. The Hall–Kier alpha value is -3.09. The van der Waals surface area contributed by atoms with Crippen molar-refractivity contribution in [1.29, 1.82) is 0 Å². The van der Waals surface area contributed by atoms with Gasteiger partial charge in [0, 0.05) is 19.5 Å². The molecule has 0 unspecified atom stereocenters. The van der Waals surface area contributed by atoms with E-state index >= 15 is 0 Å². The maximum absolute atomic E-state index is 12.5. The number of carbonyl (C=O) groups excluding carboxylic acids is 1. The summed E-state index contributed by atoms with van der Waals surface area (Å²) in [6, 6.07) is 13.3. The Bertz CT molecular complexity index is 855. The third kappa shape index (κ3) is 4.19. The first kappa shape index (κ1) is 17.3. The molecule has 0 saturated carbocycles. The van der Waals surface area contributed by atoms with Crippen LogP contribution in [-0.4, -0.2) is 29.2 Å². The lowest BCUT2D eigenvalue weighted by Gasteiger charge is -2.24. The molecule has 140 valence electrons. The van der Waals surface area contributed by atoms with Crippen LogP contribution in [0.2, 0.25) is 0 Å². The van der Waals surface area contributed by atoms with Gasteiger partial charge < -0.3 is 19.1 Å². The summed E-state index contributed by atoms with van der Waals surface area (Å²) in [6.45, 7) is 1.84. The lowest BCUT2D eigenvalue weighted by molar-refractivity contribution is 0.0902. The number of aromatic nitrogens is 2. The number of nitrogens with one attached hydrogen (secondary N) is 1. The SMILES string of the molecule is O=C(N[C@H](Cc1ccccc1)c1nnc(N2CCCCC2)o1)c1ccco1. The number of anilines is 1. The highest BCUT2D eigenvalue weighted by molar-refractivity contribution is 5.91. The summed E-state index contributed by atoms with van der Waals surface area (Å²) in [5.41, 5.74) is 1.07. The summed E-state index contributed by atoms with van der Waals surface area (Å²) in [5.74, 6) is 0.349. The second-order valence-corrected chi connectivity index (χ2v) is 6.66. The van der Waals surface area contributed by atoms with Crippen LogP contribution in [0.25, 0.3) is 0 Å². The van der Waals surface area contributed by atoms with Crippen LogP contribution >= 0.6 is 0 Å². The van der Waals surface area contributed by atoms with Crippen molar-refractivity contribution in [2.24, 2.45) is 0 Å². The lowest BCUT2D eigenvalue weighted by atomic mass is 10.1. The van der Waals surface area contributed by atoms with Gasteiger partial charge in [-0.2, -0.15) is 0 Å². The molecule has 0 aliphatic carbocycles. The van der Waals surface area contributed by atoms with Crippen molar-refractivity contribution in [3.63, 3.8) is 0 Å². The number of furan rings is 1. The molecule has 1 atom stereocenters. The smallest absolute Gasteiger partial charge is 0.318 e. The number of benzene rings is 1. The molecule has 1 amide bonds. The number of carbonyl (C=O) groups is 1. The van der Waals surface area contributed by atoms with E-state index in [2.05, 4.69) is 20.4 Å². The Morgan fingerprint density at radius 2 is 1.89 bits per heavy atom. The first-order valence-electron chi connectivity index (χ1n) is 9.26. The van der Waals surface area contributed by atoms with Crippen molar-refractivity contribution in [2.45, 2.75) is 31.7 Å². The standard InChI is InChI=1S/C20H22N4O3/c25-18(17-10-7-13-26-17)21-16(14-15-8-3-1-4-9-15)19-22-23-20(27-19)24-11-5-2-6-12-24/h1,3-4,7-10,13,16H,2,5-6,11-12,14H2,(H,21,25)/t16-/m1/s1. The molecular weight excluding hydrogens is 344 g/mol. The van der Waals surface area contributed by atoms with E-state index < -0.39 is 6.04 Å². The highest BCUT2D eigenvalue weighted by Gasteiger charge is 2.25. The molecule has 7 heteroatoms. The van der Waals surface area contributed by atoms with Crippen LogP contribution in [0, 0.1) is 0 Å². The minimum absolute atomic E-state index is 0.254. The molecule has 3 aromatic rings. The quantitative estimate of drug-likeness (QED) is 0.720. The lowest BCUT2D eigenvalue weighted by Crippen LogP contribution is -2.30. The van der Waals surface area contributed by atoms with Crippen molar-refractivity contribution in [2.75, 3.05) is 18.0 Å². The topological polar surface area (TPSA) is 84.4 Å². The van der Waals surface area contributed by atoms with Gasteiger partial charge in [0.1, 0.15) is 6.04 Å². The number of rotatable bonds is 6. The molecule has 0 bridgehead atoms. The van der Waals surface area contributed by atoms with Gasteiger partial charge in [-0.1, -0.05) is 35.4 Å². The molecule has 1 aliphatic rings. The molecule has 3 heterocycles. The summed E-state index contributed by atoms with van der Waals surface area (Å²) < 4.78 is 11.1. The van der Waals surface area contributed by atoms with Gasteiger partial charge in [-0.25, -0.2) is 0 Å². The van der Waals surface area contributed by atoms with Crippen LogP contribution in [0.15, 0.2) is 57.6 Å². The summed E-state index contributed by atoms with van der Waals surface area (Å²) in [4.78, 5) is 14.6. The molecule has 0 spiro atoms. The number of hydrogen-bond acceptors (Lipinski definition) is 6. The van der Waals surface area contributed by atoms with E-state index in [1.54, 1.807) is 12.1 Å². The third-order valence-electron chi connectivity index (χ3n) is 4.69. The molecule has 4 rings (SSSR count). The normalized spacial score (nSPS) is 15.5. The van der Waals surface area contributed by atoms with Crippen LogP contribution < -0.4 is 10.2 Å². The van der Waals surface area contributed by atoms with Crippen LogP contribution in [0.3, 0.4) is 0 Å². The Morgan fingerprint density at radius 1 is 1.07 bits per heavy atom. The van der Waals surface area contributed by atoms with Crippen LogP contribution in [0.5, 0.6) is 0 Å². The largest absolute Gasteiger partial charge is 0.459 e. The predicted molar refractivity (Wildman–Crippen MR) is 99.4 cm³/mol. The zero-order valence-corrected chi connectivity index (χ0v) is 15.0. The number of nitrogens with zero attached hydrogens (tertiary/aromatic N) is 3. The van der Waals surface area contributed by atoms with Gasteiger partial charge in [-0.3, -0.25) is 4.79 Å². The average molecular weight is 366 g/mol. The van der Waals surface area contributed by atoms with Crippen molar-refractivity contribution in [3.8, 4) is 0 Å². The second kappa shape index (κ2) is 8.07. The highest BCUT2D eigenvalue weighted by atomic mass is 16.4. The van der Waals surface area contributed by atoms with Gasteiger partial charge in [-0.05, 0) is 37.0 Å². The molecule has 1 fully saturated rings. The van der Waals surface area contributed by atoms with Crippen molar-refractivity contribution in [1.82, 2.24) is 15.5 Å². The zero-order valence-electron chi connectivity index (χ0n) is 15.0. The number of amides is 1. The molecular formula is C20H22N4O3. The van der Waals surface area contributed by atoms with Gasteiger partial charge in [0.05, 0.1) is 6.26 Å². The molecule has 0 radical (unpaired) electrons. The van der Waals surface area contributed by atoms with E-state index in [0.29, 0.717) is 18.3 Å². The van der Waals surface area contributed by atoms with E-state index in [1.165, 1.54) is 12.7 Å². The monoisotopic (exact) mass is 366 g/mol. The maximum atomic E-state index is 12.5. The molecule has 7 nitrogen and oxygen atoms in total. The molecule has 2 aromatic heterocycles. The van der Waals surface area contributed by atoms with Gasteiger partial charge in [0.25, 0.3) is 5.91 Å². The van der Waals surface area contributed by atoms with Crippen LogP contribution in [0.4, 0.5) is 6.01 Å². The van der Waals surface area contributed by atoms with Gasteiger partial charge >= 0.3 is 6.01 Å². The third-order valence-corrected chi connectivity index (χ3v) is 4.69. The maximum Gasteiger partial charge on any atom is 0.318 e. The van der Waals surface area contributed by atoms with Gasteiger partial charge in [-0.15, -0.1) is 5.10 Å². The molecule has 1 aromatic carbocycles.